The Balaban J connectivity index is 2.64. The highest BCUT2D eigenvalue weighted by molar-refractivity contribution is 7.99. The molecule has 0 fully saturated rings. The molecule has 0 saturated carbocycles. The first kappa shape index (κ1) is 8.79. The van der Waals surface area contributed by atoms with Crippen molar-refractivity contribution in [1.29, 1.82) is 0 Å². The van der Waals surface area contributed by atoms with Gasteiger partial charge in [-0.05, 0) is 6.07 Å². The van der Waals surface area contributed by atoms with Gasteiger partial charge in [0.15, 0.2) is 0 Å². The zero-order chi connectivity index (χ0) is 8.97. The summed E-state index contributed by atoms with van der Waals surface area (Å²) in [5, 5.41) is 0.591. The molecular formula is C6H7N3O2S. The Morgan fingerprint density at radius 1 is 1.75 bits per heavy atom. The minimum Gasteiger partial charge on any atom is -0.369 e. The van der Waals surface area contributed by atoms with Crippen LogP contribution < -0.4 is 11.4 Å². The van der Waals surface area contributed by atoms with Gasteiger partial charge in [0.2, 0.25) is 5.91 Å². The highest BCUT2D eigenvalue weighted by Crippen LogP contribution is 2.10. The summed E-state index contributed by atoms with van der Waals surface area (Å²) in [4.78, 5) is 26.9. The Bertz CT molecular complexity index is 336. The molecule has 5 nitrogen and oxygen atoms in total. The maximum Gasteiger partial charge on any atom is 0.345 e. The van der Waals surface area contributed by atoms with Gasteiger partial charge < -0.3 is 10.7 Å². The Morgan fingerprint density at radius 2 is 2.50 bits per heavy atom. The molecular weight excluding hydrogens is 178 g/mol. The van der Waals surface area contributed by atoms with E-state index in [1.165, 1.54) is 18.0 Å². The highest BCUT2D eigenvalue weighted by atomic mass is 32.2. The van der Waals surface area contributed by atoms with E-state index in [4.69, 9.17) is 5.73 Å². The van der Waals surface area contributed by atoms with E-state index >= 15 is 0 Å². The summed E-state index contributed by atoms with van der Waals surface area (Å²) in [6.07, 6.45) is 1.38. The van der Waals surface area contributed by atoms with Gasteiger partial charge >= 0.3 is 5.69 Å². The summed E-state index contributed by atoms with van der Waals surface area (Å²) in [6, 6.07) is 1.61. The molecule has 0 unspecified atom stereocenters. The summed E-state index contributed by atoms with van der Waals surface area (Å²) in [5.41, 5.74) is 4.48. The van der Waals surface area contributed by atoms with E-state index in [1.54, 1.807) is 6.07 Å². The van der Waals surface area contributed by atoms with Gasteiger partial charge in [0.25, 0.3) is 0 Å². The molecule has 3 N–H and O–H groups in total. The normalized spacial score (nSPS) is 9.67. The third kappa shape index (κ3) is 2.75. The van der Waals surface area contributed by atoms with Crippen molar-refractivity contribution in [2.24, 2.45) is 5.73 Å². The van der Waals surface area contributed by atoms with Crippen molar-refractivity contribution in [2.75, 3.05) is 5.75 Å². The smallest absolute Gasteiger partial charge is 0.345 e. The molecule has 64 valence electrons. The Kier molecular flexibility index (Phi) is 2.87. The maximum atomic E-state index is 10.6. The van der Waals surface area contributed by atoms with Crippen molar-refractivity contribution < 1.29 is 4.79 Å². The molecule has 1 heterocycles. The van der Waals surface area contributed by atoms with Crippen LogP contribution >= 0.6 is 11.8 Å². The number of hydrogen-bond acceptors (Lipinski definition) is 4. The summed E-state index contributed by atoms with van der Waals surface area (Å²) >= 11 is 1.17. The van der Waals surface area contributed by atoms with Gasteiger partial charge in [0, 0.05) is 6.20 Å². The molecule has 0 spiro atoms. The molecule has 1 amide bonds. The molecule has 0 saturated heterocycles. The minimum atomic E-state index is -0.426. The lowest BCUT2D eigenvalue weighted by atomic mass is 10.7. The van der Waals surface area contributed by atoms with Crippen molar-refractivity contribution in [2.45, 2.75) is 5.03 Å². The van der Waals surface area contributed by atoms with Crippen LogP contribution in [0, 0.1) is 0 Å². The molecule has 6 heteroatoms. The Hall–Kier alpha value is -1.30. The van der Waals surface area contributed by atoms with E-state index < -0.39 is 11.6 Å². The fraction of sp³-hybridized carbons (Fsp3) is 0.167. The van der Waals surface area contributed by atoms with Crippen LogP contribution in [-0.4, -0.2) is 21.6 Å². The molecule has 0 bridgehead atoms. The average molecular weight is 185 g/mol. The van der Waals surface area contributed by atoms with Crippen molar-refractivity contribution in [3.63, 3.8) is 0 Å². The number of H-pyrrole nitrogens is 1. The van der Waals surface area contributed by atoms with E-state index in [0.717, 1.165) is 0 Å². The number of carbonyl (C=O) groups is 1. The molecule has 0 aliphatic carbocycles. The van der Waals surface area contributed by atoms with Crippen LogP contribution in [0.2, 0.25) is 0 Å². The lowest BCUT2D eigenvalue weighted by Gasteiger charge is -1.95. The first-order chi connectivity index (χ1) is 5.68. The van der Waals surface area contributed by atoms with Gasteiger partial charge in [-0.3, -0.25) is 4.79 Å². The fourth-order valence-corrected chi connectivity index (χ4v) is 1.20. The van der Waals surface area contributed by atoms with Crippen LogP contribution in [0.5, 0.6) is 0 Å². The van der Waals surface area contributed by atoms with Crippen molar-refractivity contribution in [3.05, 3.63) is 22.7 Å². The zero-order valence-corrected chi connectivity index (χ0v) is 6.93. The van der Waals surface area contributed by atoms with E-state index in [1.807, 2.05) is 0 Å². The first-order valence-corrected chi connectivity index (χ1v) is 4.13. The van der Waals surface area contributed by atoms with E-state index in [0.29, 0.717) is 5.03 Å². The molecule has 0 aromatic carbocycles. The molecule has 1 aromatic heterocycles. The summed E-state index contributed by atoms with van der Waals surface area (Å²) in [7, 11) is 0. The van der Waals surface area contributed by atoms with Crippen molar-refractivity contribution in [3.8, 4) is 0 Å². The number of nitrogens with one attached hydrogen (secondary N) is 1. The number of thioether (sulfide) groups is 1. The highest BCUT2D eigenvalue weighted by Gasteiger charge is 1.97. The van der Waals surface area contributed by atoms with Gasteiger partial charge in [-0.15, -0.1) is 0 Å². The van der Waals surface area contributed by atoms with Crippen LogP contribution in [0.4, 0.5) is 0 Å². The largest absolute Gasteiger partial charge is 0.369 e. The Morgan fingerprint density at radius 3 is 3.08 bits per heavy atom. The average Bonchev–Trinajstić information content (AvgIpc) is 2.01. The number of aromatic amines is 1. The molecule has 1 rings (SSSR count). The number of primary amides is 1. The molecule has 12 heavy (non-hydrogen) atoms. The number of rotatable bonds is 3. The number of nitrogens with two attached hydrogens (primary N) is 1. The standard InChI is InChI=1S/C6H7N3O2S/c7-4(10)3-12-5-1-2-8-6(11)9-5/h1-2H,3H2,(H2,7,10)(H,8,9,11). The fourth-order valence-electron chi connectivity index (χ4n) is 0.585. The summed E-state index contributed by atoms with van der Waals surface area (Å²) in [5.74, 6) is -0.266. The van der Waals surface area contributed by atoms with E-state index in [2.05, 4.69) is 9.97 Å². The third-order valence-corrected chi connectivity index (χ3v) is 2.00. The van der Waals surface area contributed by atoms with Gasteiger partial charge in [0.05, 0.1) is 10.8 Å². The molecule has 0 atom stereocenters. The predicted molar refractivity (Wildman–Crippen MR) is 44.8 cm³/mol. The van der Waals surface area contributed by atoms with E-state index in [9.17, 15) is 9.59 Å². The van der Waals surface area contributed by atoms with Crippen LogP contribution in [0.15, 0.2) is 22.1 Å². The monoisotopic (exact) mass is 185 g/mol. The SMILES string of the molecule is NC(=O)CSc1ccnc(=O)[nH]1. The number of nitrogens with zero attached hydrogens (tertiary/aromatic N) is 1. The number of hydrogen-bond donors (Lipinski definition) is 2. The topological polar surface area (TPSA) is 88.8 Å². The van der Waals surface area contributed by atoms with E-state index in [-0.39, 0.29) is 5.75 Å². The lowest BCUT2D eigenvalue weighted by Crippen LogP contribution is -2.14. The summed E-state index contributed by atoms with van der Waals surface area (Å²) < 4.78 is 0. The first-order valence-electron chi connectivity index (χ1n) is 3.15. The van der Waals surface area contributed by atoms with Gasteiger partial charge in [-0.1, -0.05) is 11.8 Å². The predicted octanol–water partition coefficient (Wildman–Crippen LogP) is -0.653. The quantitative estimate of drug-likeness (QED) is 0.483. The molecule has 0 radical (unpaired) electrons. The third-order valence-electron chi connectivity index (χ3n) is 1.02. The lowest BCUT2D eigenvalue weighted by molar-refractivity contribution is -0.115. The van der Waals surface area contributed by atoms with Gasteiger partial charge in [-0.25, -0.2) is 9.78 Å². The zero-order valence-electron chi connectivity index (χ0n) is 6.11. The van der Waals surface area contributed by atoms with Crippen LogP contribution in [0.1, 0.15) is 0 Å². The second-order valence-electron chi connectivity index (χ2n) is 1.99. The molecule has 0 aliphatic heterocycles. The maximum absolute atomic E-state index is 10.6. The van der Waals surface area contributed by atoms with Gasteiger partial charge in [0.1, 0.15) is 0 Å². The van der Waals surface area contributed by atoms with Gasteiger partial charge in [-0.2, -0.15) is 0 Å². The molecule has 1 aromatic rings. The second-order valence-corrected chi connectivity index (χ2v) is 3.01. The minimum absolute atomic E-state index is 0.153. The number of amides is 1. The van der Waals surface area contributed by atoms with Crippen LogP contribution in [0.3, 0.4) is 0 Å². The Labute approximate surface area is 72.4 Å². The van der Waals surface area contributed by atoms with Crippen LogP contribution in [-0.2, 0) is 4.79 Å². The van der Waals surface area contributed by atoms with Crippen molar-refractivity contribution >= 4 is 17.7 Å². The summed E-state index contributed by atoms with van der Waals surface area (Å²) in [6.45, 7) is 0. The second kappa shape index (κ2) is 3.91. The van der Waals surface area contributed by atoms with Crippen molar-refractivity contribution in [1.82, 2.24) is 9.97 Å². The number of carbonyl (C=O) groups excluding carboxylic acids is 1. The molecule has 0 aliphatic rings. The van der Waals surface area contributed by atoms with Crippen LogP contribution in [0.25, 0.3) is 0 Å². The number of aromatic nitrogens is 2.